The van der Waals surface area contributed by atoms with E-state index in [1.54, 1.807) is 23.7 Å². The van der Waals surface area contributed by atoms with E-state index in [-0.39, 0.29) is 23.4 Å². The molecule has 114 valence electrons. The Morgan fingerprint density at radius 3 is 2.77 bits per heavy atom. The highest BCUT2D eigenvalue weighted by atomic mass is 32.2. The van der Waals surface area contributed by atoms with E-state index in [1.807, 2.05) is 0 Å². The highest BCUT2D eigenvalue weighted by Crippen LogP contribution is 2.29. The summed E-state index contributed by atoms with van der Waals surface area (Å²) in [5.74, 6) is -0.994. The normalized spacial score (nSPS) is 15.6. The maximum absolute atomic E-state index is 12.3. The third-order valence-electron chi connectivity index (χ3n) is 3.13. The van der Waals surface area contributed by atoms with Crippen molar-refractivity contribution >= 4 is 38.3 Å². The van der Waals surface area contributed by atoms with Gasteiger partial charge in [0.1, 0.15) is 4.90 Å². The number of nitrogens with zero attached hydrogens (tertiary/aromatic N) is 2. The van der Waals surface area contributed by atoms with Gasteiger partial charge in [-0.05, 0) is 12.1 Å². The van der Waals surface area contributed by atoms with Crippen molar-refractivity contribution in [2.75, 3.05) is 11.9 Å². The summed E-state index contributed by atoms with van der Waals surface area (Å²) in [6, 6.07) is 6.01. The lowest BCUT2D eigenvalue weighted by molar-refractivity contribution is -0.116. The van der Waals surface area contributed by atoms with Crippen molar-refractivity contribution in [1.29, 1.82) is 0 Å². The van der Waals surface area contributed by atoms with Crippen molar-refractivity contribution in [2.24, 2.45) is 0 Å². The molecule has 2 aromatic rings. The van der Waals surface area contributed by atoms with Crippen LogP contribution in [0.5, 0.6) is 0 Å². The molecule has 0 bridgehead atoms. The summed E-state index contributed by atoms with van der Waals surface area (Å²) in [5.41, 5.74) is 0.142. The molecule has 2 heterocycles. The minimum Gasteiger partial charge on any atom is -0.302 e. The lowest BCUT2D eigenvalue weighted by Crippen LogP contribution is -2.33. The Balaban J connectivity index is 1.71. The Bertz CT molecular complexity index is 831. The van der Waals surface area contributed by atoms with Crippen LogP contribution in [0.1, 0.15) is 16.8 Å². The zero-order valence-electron chi connectivity index (χ0n) is 11.2. The highest BCUT2D eigenvalue weighted by Gasteiger charge is 2.40. The van der Waals surface area contributed by atoms with Crippen LogP contribution in [0.3, 0.4) is 0 Å². The van der Waals surface area contributed by atoms with Crippen LogP contribution in [0.4, 0.5) is 5.13 Å². The Kier molecular flexibility index (Phi) is 3.67. The fraction of sp³-hybridized carbons (Fsp3) is 0.154. The maximum atomic E-state index is 12.3. The molecule has 9 heteroatoms. The number of amides is 2. The Morgan fingerprint density at radius 1 is 1.32 bits per heavy atom. The number of carbonyl (C=O) groups excluding carboxylic acids is 2. The number of fused-ring (bicyclic) bond motifs is 1. The summed E-state index contributed by atoms with van der Waals surface area (Å²) in [7, 11) is -3.86. The topological polar surface area (TPSA) is 96.4 Å². The SMILES string of the molecule is O=C(CCN1C(=O)c2ccccc2S1(=O)=O)Nc1nccs1. The van der Waals surface area contributed by atoms with Crippen molar-refractivity contribution in [2.45, 2.75) is 11.3 Å². The van der Waals surface area contributed by atoms with E-state index in [4.69, 9.17) is 0 Å². The minimum atomic E-state index is -3.86. The highest BCUT2D eigenvalue weighted by molar-refractivity contribution is 7.90. The van der Waals surface area contributed by atoms with Gasteiger partial charge in [-0.1, -0.05) is 12.1 Å². The van der Waals surface area contributed by atoms with E-state index < -0.39 is 21.8 Å². The first kappa shape index (κ1) is 14.7. The summed E-state index contributed by atoms with van der Waals surface area (Å²) >= 11 is 1.26. The van der Waals surface area contributed by atoms with Gasteiger partial charge in [-0.15, -0.1) is 11.3 Å². The van der Waals surface area contributed by atoms with Gasteiger partial charge in [0.15, 0.2) is 5.13 Å². The van der Waals surface area contributed by atoms with Crippen molar-refractivity contribution in [3.05, 3.63) is 41.4 Å². The van der Waals surface area contributed by atoms with E-state index in [0.29, 0.717) is 5.13 Å². The van der Waals surface area contributed by atoms with Crippen LogP contribution >= 0.6 is 11.3 Å². The van der Waals surface area contributed by atoms with Gasteiger partial charge < -0.3 is 5.32 Å². The molecule has 1 N–H and O–H groups in total. The molecule has 0 atom stereocenters. The first-order chi connectivity index (χ1) is 10.5. The van der Waals surface area contributed by atoms with Gasteiger partial charge in [0.05, 0.1) is 5.56 Å². The van der Waals surface area contributed by atoms with E-state index in [0.717, 1.165) is 4.31 Å². The molecule has 0 aliphatic carbocycles. The molecule has 1 aliphatic heterocycles. The second-order valence-corrected chi connectivity index (χ2v) is 7.24. The number of hydrogen-bond donors (Lipinski definition) is 1. The summed E-state index contributed by atoms with van der Waals surface area (Å²) in [6.45, 7) is -0.201. The summed E-state index contributed by atoms with van der Waals surface area (Å²) in [5, 5.41) is 4.69. The van der Waals surface area contributed by atoms with Crippen molar-refractivity contribution < 1.29 is 18.0 Å². The first-order valence-electron chi connectivity index (χ1n) is 6.35. The Labute approximate surface area is 130 Å². The Morgan fingerprint density at radius 2 is 2.09 bits per heavy atom. The fourth-order valence-corrected chi connectivity index (χ4v) is 4.24. The van der Waals surface area contributed by atoms with Crippen molar-refractivity contribution in [1.82, 2.24) is 9.29 Å². The average Bonchev–Trinajstić information content (AvgIpc) is 3.05. The molecule has 1 aromatic carbocycles. The van der Waals surface area contributed by atoms with Crippen LogP contribution in [-0.4, -0.2) is 36.1 Å². The molecule has 0 fully saturated rings. The zero-order valence-corrected chi connectivity index (χ0v) is 12.9. The van der Waals surface area contributed by atoms with Gasteiger partial charge in [-0.25, -0.2) is 17.7 Å². The standard InChI is InChI=1S/C13H11N3O4S2/c17-11(15-13-14-6-8-21-13)5-7-16-12(18)9-3-1-2-4-10(9)22(16,19)20/h1-4,6,8H,5,7H2,(H,14,15,17). The zero-order chi connectivity index (χ0) is 15.7. The predicted molar refractivity (Wildman–Crippen MR) is 80.0 cm³/mol. The second-order valence-electron chi connectivity index (χ2n) is 4.51. The molecular weight excluding hydrogens is 326 g/mol. The fourth-order valence-electron chi connectivity index (χ4n) is 2.12. The number of rotatable bonds is 4. The van der Waals surface area contributed by atoms with E-state index in [2.05, 4.69) is 10.3 Å². The van der Waals surface area contributed by atoms with Crippen LogP contribution in [0, 0.1) is 0 Å². The first-order valence-corrected chi connectivity index (χ1v) is 8.67. The molecular formula is C13H11N3O4S2. The number of benzene rings is 1. The molecule has 22 heavy (non-hydrogen) atoms. The van der Waals surface area contributed by atoms with E-state index >= 15 is 0 Å². The third kappa shape index (κ3) is 2.48. The second kappa shape index (κ2) is 5.50. The van der Waals surface area contributed by atoms with Crippen molar-refractivity contribution in [3.63, 3.8) is 0 Å². The van der Waals surface area contributed by atoms with E-state index in [9.17, 15) is 18.0 Å². The average molecular weight is 337 g/mol. The number of sulfonamides is 1. The summed E-state index contributed by atoms with van der Waals surface area (Å²) < 4.78 is 25.3. The smallest absolute Gasteiger partial charge is 0.269 e. The van der Waals surface area contributed by atoms with Gasteiger partial charge in [0, 0.05) is 24.5 Å². The molecule has 1 aliphatic rings. The maximum Gasteiger partial charge on any atom is 0.269 e. The number of anilines is 1. The third-order valence-corrected chi connectivity index (χ3v) is 5.66. The van der Waals surface area contributed by atoms with Gasteiger partial charge in [0.2, 0.25) is 5.91 Å². The lowest BCUT2D eigenvalue weighted by atomic mass is 10.2. The predicted octanol–water partition coefficient (Wildman–Crippen LogP) is 1.32. The molecule has 0 spiro atoms. The molecule has 0 saturated carbocycles. The quantitative estimate of drug-likeness (QED) is 0.907. The number of carbonyl (C=O) groups is 2. The number of hydrogen-bond acceptors (Lipinski definition) is 6. The number of thiazole rings is 1. The van der Waals surface area contributed by atoms with Gasteiger partial charge in [0.25, 0.3) is 15.9 Å². The largest absolute Gasteiger partial charge is 0.302 e. The summed E-state index contributed by atoms with van der Waals surface area (Å²) in [4.78, 5) is 27.8. The van der Waals surface area contributed by atoms with Crippen molar-refractivity contribution in [3.8, 4) is 0 Å². The molecule has 1 aromatic heterocycles. The van der Waals surface area contributed by atoms with Gasteiger partial charge >= 0.3 is 0 Å². The number of aromatic nitrogens is 1. The molecule has 7 nitrogen and oxygen atoms in total. The molecule has 0 unspecified atom stereocenters. The van der Waals surface area contributed by atoms with Crippen LogP contribution < -0.4 is 5.32 Å². The molecule has 0 radical (unpaired) electrons. The Hall–Kier alpha value is -2.26. The summed E-state index contributed by atoms with van der Waals surface area (Å²) in [6.07, 6.45) is 1.42. The van der Waals surface area contributed by atoms with Crippen LogP contribution in [0.15, 0.2) is 40.7 Å². The van der Waals surface area contributed by atoms with Crippen LogP contribution in [0.2, 0.25) is 0 Å². The monoisotopic (exact) mass is 337 g/mol. The molecule has 0 saturated heterocycles. The van der Waals surface area contributed by atoms with Gasteiger partial charge in [-0.3, -0.25) is 9.59 Å². The van der Waals surface area contributed by atoms with E-state index in [1.165, 1.54) is 23.5 Å². The minimum absolute atomic E-state index is 0.0136. The number of nitrogens with one attached hydrogen (secondary N) is 1. The van der Waals surface area contributed by atoms with Crippen LogP contribution in [-0.2, 0) is 14.8 Å². The van der Waals surface area contributed by atoms with Gasteiger partial charge in [-0.2, -0.15) is 0 Å². The van der Waals surface area contributed by atoms with Crippen LogP contribution in [0.25, 0.3) is 0 Å². The molecule has 2 amide bonds. The molecule has 3 rings (SSSR count). The lowest BCUT2D eigenvalue weighted by Gasteiger charge is -2.14.